The van der Waals surface area contributed by atoms with Crippen molar-refractivity contribution in [3.8, 4) is 0 Å². The second-order valence-corrected chi connectivity index (χ2v) is 5.02. The average Bonchev–Trinajstić information content (AvgIpc) is 3.05. The lowest BCUT2D eigenvalue weighted by atomic mass is 10.1. The molecule has 9 N–H and O–H groups in total. The Kier molecular flexibility index (Phi) is 7.71. The van der Waals surface area contributed by atoms with E-state index in [-0.39, 0.29) is 24.6 Å². The lowest BCUT2D eigenvalue weighted by molar-refractivity contribution is -0.140. The molecule has 0 radical (unpaired) electrons. The highest BCUT2D eigenvalue weighted by molar-refractivity contribution is 5.82. The van der Waals surface area contributed by atoms with Gasteiger partial charge < -0.3 is 41.8 Å². The predicted octanol–water partition coefficient (Wildman–Crippen LogP) is -2.89. The maximum atomic E-state index is 11.9. The first-order valence-electron chi connectivity index (χ1n) is 7.17. The van der Waals surface area contributed by atoms with E-state index in [0.29, 0.717) is 0 Å². The van der Waals surface area contributed by atoms with Crippen LogP contribution < -0.4 is 22.1 Å². The normalized spacial score (nSPS) is 14.4. The minimum absolute atomic E-state index is 0.00435. The number of hydrogen-bond donors (Lipinski definition) is 7. The number of aliphatic carboxylic acids is 1. The molecular weight excluding hydrogens is 340 g/mol. The standard InChI is InChI=1S/C12H20N6O7/c13-5(3-19)9-17-18-10(25-9)6(1-2-8(14)21)15-12(24)16-7(4-20)11(22)23/h5-7,19-20H,1-4,13H2,(H2,14,21)(H,22,23)(H2,15,16,24). The van der Waals surface area contributed by atoms with Gasteiger partial charge in [-0.2, -0.15) is 0 Å². The topological polar surface area (TPSA) is 227 Å². The van der Waals surface area contributed by atoms with Gasteiger partial charge in [0.1, 0.15) is 12.1 Å². The number of aromatic nitrogens is 2. The molecule has 1 rings (SSSR count). The number of nitrogens with one attached hydrogen (secondary N) is 2. The van der Waals surface area contributed by atoms with E-state index in [1.165, 1.54) is 0 Å². The van der Waals surface area contributed by atoms with Crippen LogP contribution >= 0.6 is 0 Å². The van der Waals surface area contributed by atoms with Gasteiger partial charge in [0.15, 0.2) is 6.04 Å². The van der Waals surface area contributed by atoms with E-state index >= 15 is 0 Å². The van der Waals surface area contributed by atoms with Crippen LogP contribution in [0.2, 0.25) is 0 Å². The SMILES string of the molecule is NC(=O)CCC(NC(=O)NC(CO)C(=O)O)c1nnc(C(N)CO)o1. The molecule has 0 aliphatic heterocycles. The first kappa shape index (κ1) is 20.3. The number of nitrogens with zero attached hydrogens (tertiary/aromatic N) is 2. The number of urea groups is 1. The Morgan fingerprint density at radius 2 is 1.76 bits per heavy atom. The van der Waals surface area contributed by atoms with Crippen molar-refractivity contribution in [1.29, 1.82) is 0 Å². The summed E-state index contributed by atoms with van der Waals surface area (Å²) in [5.74, 6) is -2.26. The van der Waals surface area contributed by atoms with Crippen LogP contribution in [0.3, 0.4) is 0 Å². The summed E-state index contributed by atoms with van der Waals surface area (Å²) in [6, 6.07) is -4.34. The van der Waals surface area contributed by atoms with E-state index in [1.807, 2.05) is 5.32 Å². The van der Waals surface area contributed by atoms with Crippen molar-refractivity contribution in [1.82, 2.24) is 20.8 Å². The monoisotopic (exact) mass is 360 g/mol. The fourth-order valence-electron chi connectivity index (χ4n) is 1.70. The van der Waals surface area contributed by atoms with Gasteiger partial charge in [0.05, 0.1) is 13.2 Å². The highest BCUT2D eigenvalue weighted by atomic mass is 16.4. The van der Waals surface area contributed by atoms with Crippen LogP contribution in [0.25, 0.3) is 0 Å². The fraction of sp³-hybridized carbons (Fsp3) is 0.583. The van der Waals surface area contributed by atoms with Gasteiger partial charge in [-0.1, -0.05) is 0 Å². The molecule has 1 heterocycles. The number of rotatable bonds is 10. The zero-order valence-corrected chi connectivity index (χ0v) is 13.1. The third-order valence-electron chi connectivity index (χ3n) is 3.04. The summed E-state index contributed by atoms with van der Waals surface area (Å²) in [5, 5.41) is 38.3. The number of carboxylic acids is 1. The Morgan fingerprint density at radius 3 is 2.28 bits per heavy atom. The van der Waals surface area contributed by atoms with E-state index in [2.05, 4.69) is 15.5 Å². The summed E-state index contributed by atoms with van der Waals surface area (Å²) < 4.78 is 5.24. The number of aliphatic hydroxyl groups excluding tert-OH is 2. The van der Waals surface area contributed by atoms with E-state index < -0.39 is 49.2 Å². The number of hydrogen-bond acceptors (Lipinski definition) is 9. The zero-order valence-electron chi connectivity index (χ0n) is 13.1. The summed E-state index contributed by atoms with van der Waals surface area (Å²) in [6.45, 7) is -1.26. The quantitative estimate of drug-likeness (QED) is 0.225. The number of aliphatic hydroxyl groups is 2. The Morgan fingerprint density at radius 1 is 1.12 bits per heavy atom. The van der Waals surface area contributed by atoms with E-state index in [0.717, 1.165) is 0 Å². The minimum atomic E-state index is -1.52. The lowest BCUT2D eigenvalue weighted by Crippen LogP contribution is -2.48. The Balaban J connectivity index is 2.85. The maximum Gasteiger partial charge on any atom is 0.328 e. The molecule has 25 heavy (non-hydrogen) atoms. The van der Waals surface area contributed by atoms with Crippen LogP contribution in [0.1, 0.15) is 36.7 Å². The van der Waals surface area contributed by atoms with Crippen molar-refractivity contribution in [2.45, 2.75) is 31.0 Å². The third kappa shape index (κ3) is 6.33. The second kappa shape index (κ2) is 9.51. The molecule has 0 saturated carbocycles. The Labute approximate surface area is 141 Å². The van der Waals surface area contributed by atoms with Crippen LogP contribution in [0, 0.1) is 0 Å². The van der Waals surface area contributed by atoms with Crippen molar-refractivity contribution >= 4 is 17.9 Å². The van der Waals surface area contributed by atoms with Crippen LogP contribution in [-0.4, -0.2) is 62.7 Å². The van der Waals surface area contributed by atoms with Gasteiger partial charge in [0, 0.05) is 6.42 Å². The largest absolute Gasteiger partial charge is 0.480 e. The van der Waals surface area contributed by atoms with Crippen molar-refractivity contribution < 1.29 is 34.1 Å². The Hall–Kier alpha value is -2.77. The highest BCUT2D eigenvalue weighted by Crippen LogP contribution is 2.19. The van der Waals surface area contributed by atoms with Crippen LogP contribution in [0.5, 0.6) is 0 Å². The van der Waals surface area contributed by atoms with E-state index in [1.54, 1.807) is 0 Å². The highest BCUT2D eigenvalue weighted by Gasteiger charge is 2.25. The van der Waals surface area contributed by atoms with Crippen LogP contribution in [0.4, 0.5) is 4.79 Å². The predicted molar refractivity (Wildman–Crippen MR) is 79.7 cm³/mol. The van der Waals surface area contributed by atoms with Gasteiger partial charge in [-0.15, -0.1) is 10.2 Å². The number of carbonyl (C=O) groups excluding carboxylic acids is 2. The number of carboxylic acid groups (broad SMARTS) is 1. The molecule has 0 bridgehead atoms. The molecule has 3 atom stereocenters. The van der Waals surface area contributed by atoms with Gasteiger partial charge in [0.25, 0.3) is 0 Å². The summed E-state index contributed by atoms with van der Waals surface area (Å²) >= 11 is 0. The molecule has 0 fully saturated rings. The van der Waals surface area contributed by atoms with Gasteiger partial charge in [-0.05, 0) is 6.42 Å². The lowest BCUT2D eigenvalue weighted by Gasteiger charge is -2.17. The van der Waals surface area contributed by atoms with Crippen LogP contribution in [0.15, 0.2) is 4.42 Å². The number of nitrogens with two attached hydrogens (primary N) is 2. The fourth-order valence-corrected chi connectivity index (χ4v) is 1.70. The van der Waals surface area contributed by atoms with Gasteiger partial charge in [-0.3, -0.25) is 4.79 Å². The summed E-state index contributed by atoms with van der Waals surface area (Å²) in [6.07, 6.45) is -0.132. The summed E-state index contributed by atoms with van der Waals surface area (Å²) in [7, 11) is 0. The third-order valence-corrected chi connectivity index (χ3v) is 3.04. The van der Waals surface area contributed by atoms with Crippen molar-refractivity contribution in [2.75, 3.05) is 13.2 Å². The molecule has 13 nitrogen and oxygen atoms in total. The molecule has 0 aliphatic rings. The summed E-state index contributed by atoms with van der Waals surface area (Å²) in [4.78, 5) is 33.6. The maximum absolute atomic E-state index is 11.9. The van der Waals surface area contributed by atoms with Crippen molar-refractivity contribution in [2.24, 2.45) is 11.5 Å². The second-order valence-electron chi connectivity index (χ2n) is 5.02. The molecule has 1 aromatic rings. The molecule has 0 saturated heterocycles. The van der Waals surface area contributed by atoms with Gasteiger partial charge >= 0.3 is 12.0 Å². The van der Waals surface area contributed by atoms with E-state index in [4.69, 9.17) is 31.2 Å². The Bertz CT molecular complexity index is 607. The number of carbonyl (C=O) groups is 3. The molecule has 140 valence electrons. The van der Waals surface area contributed by atoms with E-state index in [9.17, 15) is 14.4 Å². The molecular formula is C12H20N6O7. The molecule has 1 aromatic heterocycles. The zero-order chi connectivity index (χ0) is 19.0. The summed E-state index contributed by atoms with van der Waals surface area (Å²) in [5.41, 5.74) is 10.6. The molecule has 0 aromatic carbocycles. The molecule has 13 heteroatoms. The first-order valence-corrected chi connectivity index (χ1v) is 7.17. The van der Waals surface area contributed by atoms with Crippen molar-refractivity contribution in [3.63, 3.8) is 0 Å². The molecule has 0 aliphatic carbocycles. The minimum Gasteiger partial charge on any atom is -0.480 e. The van der Waals surface area contributed by atoms with Gasteiger partial charge in [-0.25, -0.2) is 9.59 Å². The molecule has 0 spiro atoms. The molecule has 3 unspecified atom stereocenters. The van der Waals surface area contributed by atoms with Gasteiger partial charge in [0.2, 0.25) is 17.7 Å². The van der Waals surface area contributed by atoms with Crippen LogP contribution in [-0.2, 0) is 9.59 Å². The first-order chi connectivity index (χ1) is 11.8. The number of amides is 3. The average molecular weight is 360 g/mol. The van der Waals surface area contributed by atoms with Crippen molar-refractivity contribution in [3.05, 3.63) is 11.8 Å². The molecule has 3 amide bonds. The smallest absolute Gasteiger partial charge is 0.328 e. The number of primary amides is 1.